The summed E-state index contributed by atoms with van der Waals surface area (Å²) in [5, 5.41) is 6.21. The highest BCUT2D eigenvalue weighted by Gasteiger charge is 2.12. The normalized spacial score (nSPS) is 12.8. The predicted octanol–water partition coefficient (Wildman–Crippen LogP) is 2.13. The van der Waals surface area contributed by atoms with Crippen LogP contribution >= 0.6 is 0 Å². The highest BCUT2D eigenvalue weighted by Crippen LogP contribution is 2.27. The van der Waals surface area contributed by atoms with Crippen LogP contribution in [0.25, 0.3) is 16.5 Å². The van der Waals surface area contributed by atoms with Gasteiger partial charge < -0.3 is 27.5 Å². The number of pyridine rings is 3. The molecule has 1 atom stereocenters. The van der Waals surface area contributed by atoms with Crippen LogP contribution in [-0.2, 0) is 0 Å². The monoisotopic (exact) mass is 393 g/mol. The maximum Gasteiger partial charge on any atom is 0.133 e. The van der Waals surface area contributed by atoms with Crippen LogP contribution in [-0.4, -0.2) is 27.0 Å². The van der Waals surface area contributed by atoms with Gasteiger partial charge in [0.1, 0.15) is 17.5 Å². The van der Waals surface area contributed by atoms with Gasteiger partial charge in [0.05, 0.1) is 11.4 Å². The van der Waals surface area contributed by atoms with Crippen LogP contribution in [0.1, 0.15) is 36.2 Å². The second-order valence-electron chi connectivity index (χ2n) is 6.91. The first-order valence-corrected chi connectivity index (χ1v) is 9.30. The van der Waals surface area contributed by atoms with Crippen molar-refractivity contribution in [2.75, 3.05) is 18.1 Å². The molecule has 0 fully saturated rings. The molecule has 152 valence electrons. The van der Waals surface area contributed by atoms with Gasteiger partial charge in [-0.05, 0) is 48.1 Å². The number of rotatable bonds is 6. The minimum atomic E-state index is -0.0359. The molecule has 3 aromatic heterocycles. The van der Waals surface area contributed by atoms with Crippen LogP contribution in [0.3, 0.4) is 0 Å². The highest BCUT2D eigenvalue weighted by atomic mass is 15.4. The van der Waals surface area contributed by atoms with Crippen molar-refractivity contribution in [3.05, 3.63) is 53.6 Å². The van der Waals surface area contributed by atoms with Gasteiger partial charge in [-0.25, -0.2) is 20.8 Å². The number of hydrogen-bond donors (Lipinski definition) is 5. The van der Waals surface area contributed by atoms with Gasteiger partial charge in [-0.2, -0.15) is 0 Å². The topological polar surface area (TPSA) is 158 Å². The largest absolute Gasteiger partial charge is 0.403 e. The van der Waals surface area contributed by atoms with Gasteiger partial charge >= 0.3 is 0 Å². The summed E-state index contributed by atoms with van der Waals surface area (Å²) in [5.74, 6) is 7.48. The first-order valence-electron chi connectivity index (χ1n) is 9.30. The van der Waals surface area contributed by atoms with Crippen molar-refractivity contribution in [2.24, 2.45) is 17.3 Å². The second kappa shape index (κ2) is 8.29. The van der Waals surface area contributed by atoms with E-state index in [9.17, 15) is 0 Å². The lowest BCUT2D eigenvalue weighted by Gasteiger charge is -2.17. The molecule has 3 aromatic rings. The van der Waals surface area contributed by atoms with Gasteiger partial charge in [-0.1, -0.05) is 6.92 Å². The number of aromatic nitrogens is 3. The number of hydrazine groups is 1. The van der Waals surface area contributed by atoms with Crippen molar-refractivity contribution in [3.63, 3.8) is 0 Å². The van der Waals surface area contributed by atoms with E-state index in [0.717, 1.165) is 28.3 Å². The molecule has 0 aliphatic heterocycles. The minimum absolute atomic E-state index is 0.0359. The Morgan fingerprint density at radius 2 is 1.90 bits per heavy atom. The lowest BCUT2D eigenvalue weighted by Crippen LogP contribution is -2.25. The molecule has 0 unspecified atom stereocenters. The van der Waals surface area contributed by atoms with E-state index in [1.165, 1.54) is 11.2 Å². The SMILES string of the molecule is CC[C@@H](N)c1cc(Nc2cc3cc(/C(=C/N)N(C)N)nc(N)c3cn2)ncc1C. The van der Waals surface area contributed by atoms with E-state index in [-0.39, 0.29) is 6.04 Å². The number of fused-ring (bicyclic) bond motifs is 1. The summed E-state index contributed by atoms with van der Waals surface area (Å²) in [6.07, 6.45) is 5.72. The van der Waals surface area contributed by atoms with Gasteiger partial charge in [0.2, 0.25) is 0 Å². The smallest absolute Gasteiger partial charge is 0.133 e. The zero-order valence-corrected chi connectivity index (χ0v) is 16.8. The number of nitrogens with one attached hydrogen (secondary N) is 1. The van der Waals surface area contributed by atoms with Gasteiger partial charge in [-0.3, -0.25) is 0 Å². The van der Waals surface area contributed by atoms with Crippen molar-refractivity contribution in [2.45, 2.75) is 26.3 Å². The second-order valence-corrected chi connectivity index (χ2v) is 6.91. The third-order valence-electron chi connectivity index (χ3n) is 4.79. The Morgan fingerprint density at radius 1 is 1.21 bits per heavy atom. The molecular formula is C20H27N9. The summed E-state index contributed by atoms with van der Waals surface area (Å²) in [6.45, 7) is 4.06. The number of nitrogens with zero attached hydrogens (tertiary/aromatic N) is 4. The van der Waals surface area contributed by atoms with E-state index < -0.39 is 0 Å². The van der Waals surface area contributed by atoms with Gasteiger partial charge in [-0.15, -0.1) is 0 Å². The van der Waals surface area contributed by atoms with E-state index in [0.29, 0.717) is 28.8 Å². The summed E-state index contributed by atoms with van der Waals surface area (Å²) in [4.78, 5) is 13.3. The zero-order valence-electron chi connectivity index (χ0n) is 16.8. The van der Waals surface area contributed by atoms with E-state index in [1.807, 2.05) is 31.3 Å². The first kappa shape index (κ1) is 20.3. The third-order valence-corrected chi connectivity index (χ3v) is 4.79. The van der Waals surface area contributed by atoms with Crippen molar-refractivity contribution < 1.29 is 0 Å². The van der Waals surface area contributed by atoms with Crippen molar-refractivity contribution in [1.82, 2.24) is 20.0 Å². The first-order chi connectivity index (χ1) is 13.8. The molecule has 0 amide bonds. The summed E-state index contributed by atoms with van der Waals surface area (Å²) >= 11 is 0. The standard InChI is InChI=1S/C20H27N9/c1-4-15(22)13-7-19(25-9-11(13)2)28-18-6-12-5-16(17(8-21)29(3)24)27-20(23)14(12)10-26-18/h5-10,15H,4,21-22,24H2,1-3H3,(H2,23,27)(H,25,26,28)/b17-8-/t15-/m1/s1. The van der Waals surface area contributed by atoms with E-state index in [4.69, 9.17) is 23.0 Å². The number of anilines is 3. The molecule has 0 aliphatic carbocycles. The number of nitrogens with two attached hydrogens (primary N) is 4. The molecule has 29 heavy (non-hydrogen) atoms. The maximum atomic E-state index is 6.21. The van der Waals surface area contributed by atoms with E-state index >= 15 is 0 Å². The Morgan fingerprint density at radius 3 is 2.55 bits per heavy atom. The lowest BCUT2D eigenvalue weighted by molar-refractivity contribution is 0.508. The Hall–Kier alpha value is -3.43. The fourth-order valence-corrected chi connectivity index (χ4v) is 3.12. The van der Waals surface area contributed by atoms with Gasteiger partial charge in [0.25, 0.3) is 0 Å². The third kappa shape index (κ3) is 4.20. The fraction of sp³-hybridized carbons (Fsp3) is 0.250. The molecule has 3 rings (SSSR count). The molecule has 0 aliphatic rings. The number of hydrogen-bond acceptors (Lipinski definition) is 9. The average Bonchev–Trinajstić information content (AvgIpc) is 2.69. The van der Waals surface area contributed by atoms with E-state index in [1.54, 1.807) is 13.2 Å². The summed E-state index contributed by atoms with van der Waals surface area (Å²) in [6, 6.07) is 5.66. The van der Waals surface area contributed by atoms with Gasteiger partial charge in [0.15, 0.2) is 0 Å². The molecule has 0 radical (unpaired) electrons. The summed E-state index contributed by atoms with van der Waals surface area (Å²) in [7, 11) is 1.68. The molecule has 0 saturated carbocycles. The Balaban J connectivity index is 1.99. The highest BCUT2D eigenvalue weighted by molar-refractivity contribution is 5.93. The van der Waals surface area contributed by atoms with Crippen molar-refractivity contribution in [3.8, 4) is 0 Å². The van der Waals surface area contributed by atoms with Crippen LogP contribution in [0.5, 0.6) is 0 Å². The van der Waals surface area contributed by atoms with Crippen LogP contribution in [0, 0.1) is 6.92 Å². The molecule has 9 heteroatoms. The van der Waals surface area contributed by atoms with Crippen LogP contribution in [0.4, 0.5) is 17.5 Å². The van der Waals surface area contributed by atoms with Crippen LogP contribution in [0.2, 0.25) is 0 Å². The van der Waals surface area contributed by atoms with Gasteiger partial charge in [0, 0.05) is 37.1 Å². The molecule has 0 aromatic carbocycles. The quantitative estimate of drug-likeness (QED) is 0.312. The average molecular weight is 393 g/mol. The Kier molecular flexibility index (Phi) is 5.81. The fourth-order valence-electron chi connectivity index (χ4n) is 3.12. The zero-order chi connectivity index (χ0) is 21.1. The van der Waals surface area contributed by atoms with Crippen LogP contribution in [0.15, 0.2) is 36.8 Å². The molecule has 0 saturated heterocycles. The summed E-state index contributed by atoms with van der Waals surface area (Å²) < 4.78 is 0. The van der Waals surface area contributed by atoms with E-state index in [2.05, 4.69) is 27.2 Å². The molecule has 3 heterocycles. The molecule has 9 N–H and O–H groups in total. The summed E-state index contributed by atoms with van der Waals surface area (Å²) in [5.41, 5.74) is 21.3. The Bertz CT molecular complexity index is 1060. The number of aryl methyl sites for hydroxylation is 1. The van der Waals surface area contributed by atoms with Crippen molar-refractivity contribution >= 4 is 33.9 Å². The molecular weight excluding hydrogens is 366 g/mol. The molecule has 9 nitrogen and oxygen atoms in total. The predicted molar refractivity (Wildman–Crippen MR) is 118 cm³/mol. The number of nitrogen functional groups attached to an aromatic ring is 1. The van der Waals surface area contributed by atoms with Crippen LogP contribution < -0.4 is 28.4 Å². The maximum absolute atomic E-state index is 6.21. The lowest BCUT2D eigenvalue weighted by atomic mass is 10.0. The molecule has 0 spiro atoms. The Labute approximate surface area is 169 Å². The minimum Gasteiger partial charge on any atom is -0.403 e. The molecule has 0 bridgehead atoms. The van der Waals surface area contributed by atoms with Crippen molar-refractivity contribution in [1.29, 1.82) is 0 Å².